The quantitative estimate of drug-likeness (QED) is 0.685. The SMILES string of the molecule is N#Cc1nccc2c(Nc3ccc(F)c(C(F)(F)F)c3)c(N)oc12. The van der Waals surface area contributed by atoms with Gasteiger partial charge in [0.25, 0.3) is 0 Å². The molecule has 2 heterocycles. The highest BCUT2D eigenvalue weighted by molar-refractivity contribution is 5.99. The Morgan fingerprint density at radius 3 is 2.67 bits per heavy atom. The summed E-state index contributed by atoms with van der Waals surface area (Å²) in [5.41, 5.74) is 4.55. The molecule has 0 amide bonds. The number of rotatable bonds is 2. The van der Waals surface area contributed by atoms with Gasteiger partial charge in [0.1, 0.15) is 17.6 Å². The maximum absolute atomic E-state index is 13.3. The number of furan rings is 1. The molecule has 0 aliphatic heterocycles. The van der Waals surface area contributed by atoms with Crippen molar-refractivity contribution in [3.8, 4) is 6.07 Å². The Bertz CT molecular complexity index is 972. The normalized spacial score (nSPS) is 11.5. The molecule has 5 nitrogen and oxygen atoms in total. The zero-order chi connectivity index (χ0) is 17.5. The molecule has 9 heteroatoms. The predicted molar refractivity (Wildman–Crippen MR) is 77.8 cm³/mol. The molecule has 0 bridgehead atoms. The van der Waals surface area contributed by atoms with E-state index in [0.717, 1.165) is 6.07 Å². The minimum atomic E-state index is -4.83. The number of alkyl halides is 3. The number of pyridine rings is 1. The molecule has 3 aromatic rings. The van der Waals surface area contributed by atoms with Crippen molar-refractivity contribution in [2.24, 2.45) is 0 Å². The fourth-order valence-electron chi connectivity index (χ4n) is 2.22. The van der Waals surface area contributed by atoms with Gasteiger partial charge in [0, 0.05) is 11.9 Å². The minimum absolute atomic E-state index is 0.0117. The van der Waals surface area contributed by atoms with Crippen LogP contribution in [0.5, 0.6) is 0 Å². The molecule has 0 atom stereocenters. The number of hydrogen-bond acceptors (Lipinski definition) is 5. The predicted octanol–water partition coefficient (Wildman–Crippen LogP) is 4.18. The molecule has 0 aliphatic rings. The van der Waals surface area contributed by atoms with Gasteiger partial charge in [0.2, 0.25) is 5.88 Å². The number of nitrogen functional groups attached to an aromatic ring is 1. The number of aromatic nitrogens is 1. The average molecular weight is 336 g/mol. The monoisotopic (exact) mass is 336 g/mol. The fraction of sp³-hybridized carbons (Fsp3) is 0.0667. The smallest absolute Gasteiger partial charge is 0.419 e. The van der Waals surface area contributed by atoms with Gasteiger partial charge in [-0.1, -0.05) is 0 Å². The van der Waals surface area contributed by atoms with Crippen molar-refractivity contribution in [2.45, 2.75) is 6.18 Å². The Morgan fingerprint density at radius 2 is 2.00 bits per heavy atom. The van der Waals surface area contributed by atoms with E-state index in [1.165, 1.54) is 12.3 Å². The second-order valence-corrected chi connectivity index (χ2v) is 4.81. The summed E-state index contributed by atoms with van der Waals surface area (Å²) >= 11 is 0. The van der Waals surface area contributed by atoms with E-state index >= 15 is 0 Å². The Balaban J connectivity index is 2.09. The van der Waals surface area contributed by atoms with E-state index in [1.54, 1.807) is 0 Å². The summed E-state index contributed by atoms with van der Waals surface area (Å²) < 4.78 is 56.9. The largest absolute Gasteiger partial charge is 0.436 e. The third kappa shape index (κ3) is 2.58. The van der Waals surface area contributed by atoms with Crippen molar-refractivity contribution in [2.75, 3.05) is 11.1 Å². The van der Waals surface area contributed by atoms with Crippen molar-refractivity contribution in [3.05, 3.63) is 47.5 Å². The van der Waals surface area contributed by atoms with Gasteiger partial charge in [-0.3, -0.25) is 0 Å². The van der Waals surface area contributed by atoms with Crippen LogP contribution in [0.15, 0.2) is 34.9 Å². The first-order valence-corrected chi connectivity index (χ1v) is 6.52. The van der Waals surface area contributed by atoms with E-state index in [9.17, 15) is 17.6 Å². The van der Waals surface area contributed by atoms with Crippen LogP contribution in [-0.2, 0) is 6.18 Å². The van der Waals surface area contributed by atoms with E-state index in [0.29, 0.717) is 17.5 Å². The first kappa shape index (κ1) is 15.6. The van der Waals surface area contributed by atoms with E-state index in [-0.39, 0.29) is 28.5 Å². The molecule has 0 unspecified atom stereocenters. The lowest BCUT2D eigenvalue weighted by atomic mass is 10.1. The maximum Gasteiger partial charge on any atom is 0.419 e. The molecule has 0 fully saturated rings. The number of halogens is 4. The van der Waals surface area contributed by atoms with Crippen LogP contribution in [0.1, 0.15) is 11.3 Å². The van der Waals surface area contributed by atoms with Crippen LogP contribution < -0.4 is 11.1 Å². The average Bonchev–Trinajstić information content (AvgIpc) is 2.84. The van der Waals surface area contributed by atoms with Crippen LogP contribution in [0, 0.1) is 17.1 Å². The van der Waals surface area contributed by atoms with Gasteiger partial charge in [-0.15, -0.1) is 0 Å². The molecule has 3 N–H and O–H groups in total. The van der Waals surface area contributed by atoms with Crippen molar-refractivity contribution in [1.82, 2.24) is 4.98 Å². The number of nitriles is 1. The molecule has 24 heavy (non-hydrogen) atoms. The third-order valence-corrected chi connectivity index (χ3v) is 3.28. The number of nitrogens with two attached hydrogens (primary N) is 1. The zero-order valence-corrected chi connectivity index (χ0v) is 11.8. The second kappa shape index (κ2) is 5.42. The third-order valence-electron chi connectivity index (χ3n) is 3.28. The van der Waals surface area contributed by atoms with Gasteiger partial charge >= 0.3 is 6.18 Å². The van der Waals surface area contributed by atoms with E-state index < -0.39 is 17.6 Å². The summed E-state index contributed by atoms with van der Waals surface area (Å²) in [5.74, 6) is -1.51. The number of fused-ring (bicyclic) bond motifs is 1. The van der Waals surface area contributed by atoms with Gasteiger partial charge in [-0.2, -0.15) is 18.4 Å². The summed E-state index contributed by atoms with van der Waals surface area (Å²) in [6, 6.07) is 5.78. The molecule has 0 saturated carbocycles. The highest BCUT2D eigenvalue weighted by Crippen LogP contribution is 2.38. The molecule has 122 valence electrons. The van der Waals surface area contributed by atoms with Crippen molar-refractivity contribution < 1.29 is 22.0 Å². The number of benzene rings is 1. The van der Waals surface area contributed by atoms with E-state index in [4.69, 9.17) is 15.4 Å². The van der Waals surface area contributed by atoms with Crippen LogP contribution in [0.4, 0.5) is 34.8 Å². The number of nitrogens with one attached hydrogen (secondary N) is 1. The molecular weight excluding hydrogens is 328 g/mol. The van der Waals surface area contributed by atoms with Gasteiger partial charge in [-0.25, -0.2) is 9.37 Å². The number of nitrogens with zero attached hydrogens (tertiary/aromatic N) is 2. The summed E-state index contributed by atoms with van der Waals surface area (Å²) in [7, 11) is 0. The number of anilines is 3. The molecule has 0 saturated heterocycles. The van der Waals surface area contributed by atoms with Gasteiger partial charge < -0.3 is 15.5 Å². The highest BCUT2D eigenvalue weighted by atomic mass is 19.4. The Kier molecular flexibility index (Phi) is 3.52. The van der Waals surface area contributed by atoms with Crippen LogP contribution in [0.2, 0.25) is 0 Å². The Hall–Kier alpha value is -3.28. The first-order valence-electron chi connectivity index (χ1n) is 6.52. The molecule has 0 aliphatic carbocycles. The van der Waals surface area contributed by atoms with Crippen molar-refractivity contribution >= 4 is 28.2 Å². The summed E-state index contributed by atoms with van der Waals surface area (Å²) in [6.07, 6.45) is -3.49. The second-order valence-electron chi connectivity index (χ2n) is 4.81. The molecular formula is C15H8F4N4O. The molecule has 1 aromatic carbocycles. The number of hydrogen-bond donors (Lipinski definition) is 2. The fourth-order valence-corrected chi connectivity index (χ4v) is 2.22. The summed E-state index contributed by atoms with van der Waals surface area (Å²) in [6.45, 7) is 0. The van der Waals surface area contributed by atoms with Gasteiger partial charge in [-0.05, 0) is 24.3 Å². The summed E-state index contributed by atoms with van der Waals surface area (Å²) in [4.78, 5) is 3.81. The van der Waals surface area contributed by atoms with E-state index in [1.807, 2.05) is 6.07 Å². The van der Waals surface area contributed by atoms with Crippen molar-refractivity contribution in [3.63, 3.8) is 0 Å². The minimum Gasteiger partial charge on any atom is -0.436 e. The van der Waals surface area contributed by atoms with E-state index in [2.05, 4.69) is 10.3 Å². The standard InChI is InChI=1S/C15H8F4N4O/c16-10-2-1-7(5-9(10)15(17,18)19)23-12-8-3-4-22-11(6-20)13(8)24-14(12)21/h1-5,23H,21H2. The Morgan fingerprint density at radius 1 is 1.25 bits per heavy atom. The topological polar surface area (TPSA) is 87.9 Å². The highest BCUT2D eigenvalue weighted by Gasteiger charge is 2.34. The Labute approximate surface area is 132 Å². The van der Waals surface area contributed by atoms with Gasteiger partial charge in [0.05, 0.1) is 10.9 Å². The lowest BCUT2D eigenvalue weighted by molar-refractivity contribution is -0.139. The summed E-state index contributed by atoms with van der Waals surface area (Å²) in [5, 5.41) is 12.0. The molecule has 3 rings (SSSR count). The van der Waals surface area contributed by atoms with Crippen LogP contribution >= 0.6 is 0 Å². The zero-order valence-electron chi connectivity index (χ0n) is 11.8. The molecule has 0 radical (unpaired) electrons. The van der Waals surface area contributed by atoms with Gasteiger partial charge in [0.15, 0.2) is 11.3 Å². The lowest BCUT2D eigenvalue weighted by Crippen LogP contribution is -2.08. The van der Waals surface area contributed by atoms with Crippen molar-refractivity contribution in [1.29, 1.82) is 5.26 Å². The van der Waals surface area contributed by atoms with Crippen LogP contribution in [-0.4, -0.2) is 4.98 Å². The van der Waals surface area contributed by atoms with Crippen LogP contribution in [0.25, 0.3) is 11.0 Å². The molecule has 2 aromatic heterocycles. The molecule has 0 spiro atoms. The maximum atomic E-state index is 13.3. The lowest BCUT2D eigenvalue weighted by Gasteiger charge is -2.11. The first-order chi connectivity index (χ1) is 11.3. The van der Waals surface area contributed by atoms with Crippen LogP contribution in [0.3, 0.4) is 0 Å².